The summed E-state index contributed by atoms with van der Waals surface area (Å²) in [6.45, 7) is 3.08. The Balaban J connectivity index is 1.73. The maximum absolute atomic E-state index is 4.24. The Hall–Kier alpha value is -1.12. The van der Waals surface area contributed by atoms with Crippen LogP contribution in [-0.4, -0.2) is 14.8 Å². The maximum Gasteiger partial charge on any atom is 0.138 e. The normalized spacial score (nSPS) is 34.2. The van der Waals surface area contributed by atoms with Crippen LogP contribution in [0.2, 0.25) is 0 Å². The molecule has 0 aliphatic heterocycles. The summed E-state index contributed by atoms with van der Waals surface area (Å²) in [7, 11) is 0. The molecule has 0 aromatic carbocycles. The highest BCUT2D eigenvalue weighted by atomic mass is 15.3. The van der Waals surface area contributed by atoms with Crippen molar-refractivity contribution in [1.29, 1.82) is 0 Å². The van der Waals surface area contributed by atoms with E-state index in [1.54, 1.807) is 6.33 Å². The molecule has 3 heteroatoms. The van der Waals surface area contributed by atoms with Gasteiger partial charge in [0.1, 0.15) is 12.2 Å². The first-order valence-electron chi connectivity index (χ1n) is 5.35. The zero-order valence-electron chi connectivity index (χ0n) is 8.43. The predicted octanol–water partition coefficient (Wildman–Crippen LogP) is 1.80. The Morgan fingerprint density at radius 1 is 1.57 bits per heavy atom. The summed E-state index contributed by atoms with van der Waals surface area (Å²) < 4.78 is 2.04. The van der Waals surface area contributed by atoms with E-state index in [0.717, 1.165) is 30.1 Å². The first-order chi connectivity index (χ1) is 6.84. The molecule has 3 atom stereocenters. The molecule has 14 heavy (non-hydrogen) atoms. The van der Waals surface area contributed by atoms with E-state index >= 15 is 0 Å². The van der Waals surface area contributed by atoms with Crippen LogP contribution in [0.3, 0.4) is 0 Å². The molecule has 0 amide bonds. The molecule has 0 bridgehead atoms. The molecular weight excluding hydrogens is 174 g/mol. The molecule has 1 aromatic rings. The third-order valence-corrected chi connectivity index (χ3v) is 3.54. The van der Waals surface area contributed by atoms with E-state index in [0.29, 0.717) is 0 Å². The van der Waals surface area contributed by atoms with E-state index in [1.165, 1.54) is 12.8 Å². The third kappa shape index (κ3) is 1.27. The van der Waals surface area contributed by atoms with Gasteiger partial charge in [-0.1, -0.05) is 12.2 Å². The fourth-order valence-corrected chi connectivity index (χ4v) is 2.54. The summed E-state index contributed by atoms with van der Waals surface area (Å²) in [6.07, 6.45) is 8.99. The van der Waals surface area contributed by atoms with Crippen LogP contribution in [0, 0.1) is 24.7 Å². The van der Waals surface area contributed by atoms with Gasteiger partial charge in [0.15, 0.2) is 0 Å². The van der Waals surface area contributed by atoms with Crippen LogP contribution in [0.5, 0.6) is 0 Å². The summed E-state index contributed by atoms with van der Waals surface area (Å²) in [4.78, 5) is 4.15. The summed E-state index contributed by atoms with van der Waals surface area (Å²) in [5.74, 6) is 3.66. The van der Waals surface area contributed by atoms with Gasteiger partial charge in [0.25, 0.3) is 0 Å². The second-order valence-electron chi connectivity index (χ2n) is 4.48. The Morgan fingerprint density at radius 3 is 3.29 bits per heavy atom. The number of allylic oxidation sites excluding steroid dienone is 2. The fraction of sp³-hybridized carbons (Fsp3) is 0.636. The molecule has 0 radical (unpaired) electrons. The van der Waals surface area contributed by atoms with Crippen molar-refractivity contribution in [2.45, 2.75) is 26.3 Å². The van der Waals surface area contributed by atoms with Gasteiger partial charge in [-0.25, -0.2) is 4.98 Å². The zero-order chi connectivity index (χ0) is 9.54. The fourth-order valence-electron chi connectivity index (χ4n) is 2.54. The smallest absolute Gasteiger partial charge is 0.138 e. The van der Waals surface area contributed by atoms with Crippen LogP contribution in [-0.2, 0) is 6.54 Å². The van der Waals surface area contributed by atoms with Crippen LogP contribution < -0.4 is 0 Å². The van der Waals surface area contributed by atoms with Crippen LogP contribution in [0.25, 0.3) is 0 Å². The summed E-state index contributed by atoms with van der Waals surface area (Å²) in [5.41, 5.74) is 0. The molecular formula is C11H15N3. The highest BCUT2D eigenvalue weighted by Gasteiger charge is 2.42. The molecule has 2 aliphatic rings. The Kier molecular flexibility index (Phi) is 1.72. The van der Waals surface area contributed by atoms with E-state index in [4.69, 9.17) is 0 Å². The van der Waals surface area contributed by atoms with E-state index < -0.39 is 0 Å². The van der Waals surface area contributed by atoms with Crippen molar-refractivity contribution in [2.75, 3.05) is 0 Å². The Bertz CT molecular complexity index is 366. The highest BCUT2D eigenvalue weighted by molar-refractivity contribution is 5.10. The second kappa shape index (κ2) is 2.94. The molecule has 1 fully saturated rings. The molecule has 0 saturated heterocycles. The lowest BCUT2D eigenvalue weighted by atomic mass is 9.94. The van der Waals surface area contributed by atoms with Gasteiger partial charge in [0, 0.05) is 6.54 Å². The molecule has 3 rings (SSSR count). The molecule has 1 saturated carbocycles. The summed E-state index contributed by atoms with van der Waals surface area (Å²) >= 11 is 0. The van der Waals surface area contributed by atoms with Gasteiger partial charge in [0.2, 0.25) is 0 Å². The van der Waals surface area contributed by atoms with E-state index in [2.05, 4.69) is 22.2 Å². The minimum absolute atomic E-state index is 0.797. The lowest BCUT2D eigenvalue weighted by Gasteiger charge is -2.17. The average Bonchev–Trinajstić information content (AvgIpc) is 2.87. The van der Waals surface area contributed by atoms with Gasteiger partial charge in [-0.15, -0.1) is 0 Å². The largest absolute Gasteiger partial charge is 0.250 e. The Labute approximate surface area is 83.8 Å². The Morgan fingerprint density at radius 2 is 2.50 bits per heavy atom. The van der Waals surface area contributed by atoms with Gasteiger partial charge in [-0.05, 0) is 37.5 Å². The highest BCUT2D eigenvalue weighted by Crippen LogP contribution is 2.49. The van der Waals surface area contributed by atoms with E-state index in [-0.39, 0.29) is 0 Å². The van der Waals surface area contributed by atoms with Crippen LogP contribution in [0.1, 0.15) is 18.7 Å². The summed E-state index contributed by atoms with van der Waals surface area (Å²) in [5, 5.41) is 4.24. The van der Waals surface area contributed by atoms with Gasteiger partial charge in [-0.2, -0.15) is 5.10 Å². The minimum atomic E-state index is 0.797. The molecule has 1 aromatic heterocycles. The van der Waals surface area contributed by atoms with Crippen LogP contribution in [0.15, 0.2) is 18.5 Å². The zero-order valence-corrected chi connectivity index (χ0v) is 8.43. The molecule has 0 N–H and O–H groups in total. The van der Waals surface area contributed by atoms with Gasteiger partial charge in [-0.3, -0.25) is 4.68 Å². The lowest BCUT2D eigenvalue weighted by molar-refractivity contribution is 0.356. The van der Waals surface area contributed by atoms with Crippen molar-refractivity contribution in [1.82, 2.24) is 14.8 Å². The third-order valence-electron chi connectivity index (χ3n) is 3.54. The van der Waals surface area contributed by atoms with Gasteiger partial charge >= 0.3 is 0 Å². The quantitative estimate of drug-likeness (QED) is 0.664. The number of aromatic nitrogens is 3. The average molecular weight is 189 g/mol. The number of rotatable bonds is 2. The number of hydrogen-bond acceptors (Lipinski definition) is 2. The van der Waals surface area contributed by atoms with Crippen molar-refractivity contribution < 1.29 is 0 Å². The molecule has 0 spiro atoms. The van der Waals surface area contributed by atoms with Crippen molar-refractivity contribution in [2.24, 2.45) is 17.8 Å². The first kappa shape index (κ1) is 8.21. The van der Waals surface area contributed by atoms with Crippen molar-refractivity contribution in [3.05, 3.63) is 24.3 Å². The van der Waals surface area contributed by atoms with E-state index in [1.807, 2.05) is 11.6 Å². The monoisotopic (exact) mass is 189 g/mol. The van der Waals surface area contributed by atoms with Crippen LogP contribution >= 0.6 is 0 Å². The lowest BCUT2D eigenvalue weighted by Crippen LogP contribution is -2.16. The minimum Gasteiger partial charge on any atom is -0.250 e. The number of nitrogens with zero attached hydrogens (tertiary/aromatic N) is 3. The number of aryl methyl sites for hydroxylation is 1. The second-order valence-corrected chi connectivity index (χ2v) is 4.48. The number of fused-ring (bicyclic) bond motifs is 1. The van der Waals surface area contributed by atoms with Crippen LogP contribution in [0.4, 0.5) is 0 Å². The number of hydrogen-bond donors (Lipinski definition) is 0. The summed E-state index contributed by atoms with van der Waals surface area (Å²) in [6, 6.07) is 0. The SMILES string of the molecule is Cc1ncnn1CC1CC=CC2CC21. The predicted molar refractivity (Wildman–Crippen MR) is 53.6 cm³/mol. The molecule has 3 unspecified atom stereocenters. The van der Waals surface area contributed by atoms with Gasteiger partial charge < -0.3 is 0 Å². The molecule has 1 heterocycles. The topological polar surface area (TPSA) is 30.7 Å². The van der Waals surface area contributed by atoms with Gasteiger partial charge in [0.05, 0.1) is 0 Å². The van der Waals surface area contributed by atoms with Crippen molar-refractivity contribution >= 4 is 0 Å². The van der Waals surface area contributed by atoms with Crippen molar-refractivity contribution in [3.63, 3.8) is 0 Å². The first-order valence-corrected chi connectivity index (χ1v) is 5.35. The molecule has 74 valence electrons. The standard InChI is InChI=1S/C11H15N3/c1-8-12-7-13-14(8)6-10-4-2-3-9-5-11(9)10/h2-3,7,9-11H,4-6H2,1H3. The maximum atomic E-state index is 4.24. The van der Waals surface area contributed by atoms with Crippen molar-refractivity contribution in [3.8, 4) is 0 Å². The molecule has 2 aliphatic carbocycles. The molecule has 3 nitrogen and oxygen atoms in total. The van der Waals surface area contributed by atoms with E-state index in [9.17, 15) is 0 Å².